The van der Waals surface area contributed by atoms with E-state index in [0.717, 1.165) is 12.3 Å². The molecule has 80 valence electrons. The SMILES string of the molecule is NN=C1NNC(NN)C2CCCCC12. The van der Waals surface area contributed by atoms with E-state index >= 15 is 0 Å². The highest BCUT2D eigenvalue weighted by atomic mass is 15.5. The number of hydrazine groups is 2. The van der Waals surface area contributed by atoms with E-state index in [4.69, 9.17) is 11.7 Å². The van der Waals surface area contributed by atoms with Crippen molar-refractivity contribution in [3.8, 4) is 0 Å². The highest BCUT2D eigenvalue weighted by Crippen LogP contribution is 2.33. The summed E-state index contributed by atoms with van der Waals surface area (Å²) in [4.78, 5) is 0. The first kappa shape index (κ1) is 9.70. The molecular formula is C8H18N6. The maximum absolute atomic E-state index is 5.47. The number of nitrogens with two attached hydrogens (primary N) is 2. The number of amidine groups is 1. The quantitative estimate of drug-likeness (QED) is 0.274. The smallest absolute Gasteiger partial charge is 0.139 e. The Morgan fingerprint density at radius 2 is 2.14 bits per heavy atom. The van der Waals surface area contributed by atoms with Crippen LogP contribution < -0.4 is 28.0 Å². The zero-order valence-electron chi connectivity index (χ0n) is 8.16. The third-order valence-corrected chi connectivity index (χ3v) is 3.27. The molecule has 1 aliphatic heterocycles. The number of hydrogen-bond acceptors (Lipinski definition) is 5. The van der Waals surface area contributed by atoms with E-state index in [2.05, 4.69) is 21.4 Å². The summed E-state index contributed by atoms with van der Waals surface area (Å²) in [6.45, 7) is 0. The highest BCUT2D eigenvalue weighted by molar-refractivity contribution is 5.85. The van der Waals surface area contributed by atoms with Gasteiger partial charge in [-0.15, -0.1) is 0 Å². The van der Waals surface area contributed by atoms with Crippen molar-refractivity contribution < 1.29 is 0 Å². The lowest BCUT2D eigenvalue weighted by Crippen LogP contribution is -2.65. The van der Waals surface area contributed by atoms with Crippen LogP contribution in [0.4, 0.5) is 0 Å². The van der Waals surface area contributed by atoms with Gasteiger partial charge in [0, 0.05) is 11.8 Å². The lowest BCUT2D eigenvalue weighted by atomic mass is 9.76. The lowest BCUT2D eigenvalue weighted by molar-refractivity contribution is 0.165. The summed E-state index contributed by atoms with van der Waals surface area (Å²) in [5, 5.41) is 3.78. The molecule has 2 fully saturated rings. The number of rotatable bonds is 1. The molecule has 1 aliphatic carbocycles. The van der Waals surface area contributed by atoms with Crippen LogP contribution in [0.5, 0.6) is 0 Å². The first-order valence-electron chi connectivity index (χ1n) is 5.12. The summed E-state index contributed by atoms with van der Waals surface area (Å²) in [7, 11) is 0. The van der Waals surface area contributed by atoms with Crippen LogP contribution in [-0.2, 0) is 0 Å². The zero-order valence-corrected chi connectivity index (χ0v) is 8.16. The van der Waals surface area contributed by atoms with Gasteiger partial charge in [-0.25, -0.2) is 10.9 Å². The largest absolute Gasteiger partial charge is 0.322 e. The Hall–Kier alpha value is -0.850. The molecule has 2 rings (SSSR count). The van der Waals surface area contributed by atoms with Crippen LogP contribution in [0.3, 0.4) is 0 Å². The van der Waals surface area contributed by atoms with E-state index in [0.29, 0.717) is 11.8 Å². The van der Waals surface area contributed by atoms with Crippen LogP contribution in [0.15, 0.2) is 5.10 Å². The summed E-state index contributed by atoms with van der Waals surface area (Å²) in [5.74, 6) is 12.6. The molecule has 0 amide bonds. The number of fused-ring (bicyclic) bond motifs is 1. The molecule has 14 heavy (non-hydrogen) atoms. The highest BCUT2D eigenvalue weighted by Gasteiger charge is 2.38. The maximum atomic E-state index is 5.47. The molecule has 3 unspecified atom stereocenters. The molecule has 0 bridgehead atoms. The summed E-state index contributed by atoms with van der Waals surface area (Å²) >= 11 is 0. The fourth-order valence-corrected chi connectivity index (χ4v) is 2.54. The van der Waals surface area contributed by atoms with E-state index in [-0.39, 0.29) is 6.17 Å². The lowest BCUT2D eigenvalue weighted by Gasteiger charge is -2.42. The van der Waals surface area contributed by atoms with Crippen LogP contribution in [0.1, 0.15) is 25.7 Å². The molecule has 6 heteroatoms. The first-order valence-corrected chi connectivity index (χ1v) is 5.12. The average Bonchev–Trinajstić information content (AvgIpc) is 2.27. The van der Waals surface area contributed by atoms with Crippen molar-refractivity contribution in [2.45, 2.75) is 31.8 Å². The molecule has 0 aromatic carbocycles. The van der Waals surface area contributed by atoms with Gasteiger partial charge in [0.25, 0.3) is 0 Å². The minimum Gasteiger partial charge on any atom is -0.322 e. The van der Waals surface area contributed by atoms with E-state index in [1.165, 1.54) is 19.3 Å². The van der Waals surface area contributed by atoms with Gasteiger partial charge in [-0.1, -0.05) is 12.8 Å². The predicted molar refractivity (Wildman–Crippen MR) is 54.5 cm³/mol. The molecule has 2 aliphatic rings. The van der Waals surface area contributed by atoms with Crippen LogP contribution >= 0.6 is 0 Å². The predicted octanol–water partition coefficient (Wildman–Crippen LogP) is -1.04. The number of hydrogen-bond donors (Lipinski definition) is 5. The minimum atomic E-state index is 0.116. The Bertz CT molecular complexity index is 228. The third-order valence-electron chi connectivity index (χ3n) is 3.27. The second-order valence-electron chi connectivity index (χ2n) is 3.98. The van der Waals surface area contributed by atoms with Gasteiger partial charge in [0.2, 0.25) is 0 Å². The fourth-order valence-electron chi connectivity index (χ4n) is 2.54. The summed E-state index contributed by atoms with van der Waals surface area (Å²) in [6, 6.07) is 0. The zero-order chi connectivity index (χ0) is 9.97. The standard InChI is InChI=1S/C8H18N6/c9-11-7-5-3-1-2-4-6(5)8(12-10)14-13-7/h5-7,11,13H,1-4,9-10H2,(H,12,14). The van der Waals surface area contributed by atoms with Crippen molar-refractivity contribution in [2.75, 3.05) is 0 Å². The van der Waals surface area contributed by atoms with Crippen molar-refractivity contribution in [2.24, 2.45) is 28.6 Å². The van der Waals surface area contributed by atoms with E-state index < -0.39 is 0 Å². The Kier molecular flexibility index (Phi) is 2.85. The molecule has 6 nitrogen and oxygen atoms in total. The Balaban J connectivity index is 2.13. The van der Waals surface area contributed by atoms with Crippen LogP contribution in [0.2, 0.25) is 0 Å². The second-order valence-corrected chi connectivity index (χ2v) is 3.98. The van der Waals surface area contributed by atoms with Gasteiger partial charge in [0.05, 0.1) is 6.17 Å². The van der Waals surface area contributed by atoms with E-state index in [1.807, 2.05) is 0 Å². The van der Waals surface area contributed by atoms with Crippen molar-refractivity contribution in [1.82, 2.24) is 16.3 Å². The first-order chi connectivity index (χ1) is 6.86. The summed E-state index contributed by atoms with van der Waals surface area (Å²) in [5.41, 5.74) is 8.85. The van der Waals surface area contributed by atoms with Gasteiger partial charge in [0.15, 0.2) is 0 Å². The van der Waals surface area contributed by atoms with Gasteiger partial charge >= 0.3 is 0 Å². The van der Waals surface area contributed by atoms with Crippen LogP contribution in [-0.4, -0.2) is 12.0 Å². The number of hydrazone groups is 1. The molecular weight excluding hydrogens is 180 g/mol. The van der Waals surface area contributed by atoms with Gasteiger partial charge in [-0.3, -0.25) is 5.84 Å². The second kappa shape index (κ2) is 4.12. The average molecular weight is 198 g/mol. The van der Waals surface area contributed by atoms with Crippen molar-refractivity contribution >= 4 is 5.84 Å². The monoisotopic (exact) mass is 198 g/mol. The van der Waals surface area contributed by atoms with Crippen molar-refractivity contribution in [3.63, 3.8) is 0 Å². The number of nitrogens with one attached hydrogen (secondary N) is 3. The van der Waals surface area contributed by atoms with Gasteiger partial charge in [-0.05, 0) is 12.8 Å². The fraction of sp³-hybridized carbons (Fsp3) is 0.875. The Labute approximate surface area is 83.4 Å². The third kappa shape index (κ3) is 1.56. The minimum absolute atomic E-state index is 0.116. The molecule has 1 heterocycles. The normalized spacial score (nSPS) is 40.4. The molecule has 0 aromatic rings. The van der Waals surface area contributed by atoms with Gasteiger partial charge < -0.3 is 11.3 Å². The summed E-state index contributed by atoms with van der Waals surface area (Å²) < 4.78 is 0. The van der Waals surface area contributed by atoms with E-state index in [9.17, 15) is 0 Å². The Morgan fingerprint density at radius 3 is 2.86 bits per heavy atom. The number of nitrogens with zero attached hydrogens (tertiary/aromatic N) is 1. The van der Waals surface area contributed by atoms with Crippen molar-refractivity contribution in [1.29, 1.82) is 0 Å². The topological polar surface area (TPSA) is 100 Å². The molecule has 0 spiro atoms. The summed E-state index contributed by atoms with van der Waals surface area (Å²) in [6.07, 6.45) is 4.95. The molecule has 1 saturated heterocycles. The maximum Gasteiger partial charge on any atom is 0.139 e. The molecule has 3 atom stereocenters. The van der Waals surface area contributed by atoms with E-state index in [1.54, 1.807) is 0 Å². The molecule has 7 N–H and O–H groups in total. The molecule has 1 saturated carbocycles. The Morgan fingerprint density at radius 1 is 1.36 bits per heavy atom. The van der Waals surface area contributed by atoms with Gasteiger partial charge in [-0.2, -0.15) is 5.10 Å². The molecule has 0 aromatic heterocycles. The van der Waals surface area contributed by atoms with Gasteiger partial charge in [0.1, 0.15) is 5.84 Å². The van der Waals surface area contributed by atoms with Crippen molar-refractivity contribution in [3.05, 3.63) is 0 Å². The van der Waals surface area contributed by atoms with Crippen LogP contribution in [0, 0.1) is 11.8 Å². The molecule has 0 radical (unpaired) electrons. The van der Waals surface area contributed by atoms with Crippen LogP contribution in [0.25, 0.3) is 0 Å².